The summed E-state index contributed by atoms with van der Waals surface area (Å²) in [5.74, 6) is -1.22. The third-order valence-corrected chi connectivity index (χ3v) is 5.21. The molecular formula is C22H18F3N3O4. The Morgan fingerprint density at radius 2 is 1.78 bits per heavy atom. The van der Waals surface area contributed by atoms with E-state index in [1.807, 2.05) is 19.1 Å². The number of hydrogen-bond donors (Lipinski definition) is 2. The molecule has 0 bridgehead atoms. The van der Waals surface area contributed by atoms with Crippen molar-refractivity contribution in [1.29, 1.82) is 0 Å². The molecule has 0 spiro atoms. The Morgan fingerprint density at radius 1 is 1.12 bits per heavy atom. The fourth-order valence-electron chi connectivity index (χ4n) is 3.57. The fraction of sp³-hybridized carbons (Fsp3) is 0.227. The summed E-state index contributed by atoms with van der Waals surface area (Å²) >= 11 is 0. The normalized spacial score (nSPS) is 18.2. The lowest BCUT2D eigenvalue weighted by molar-refractivity contribution is -0.138. The van der Waals surface area contributed by atoms with Crippen LogP contribution in [0, 0.1) is 6.92 Å². The minimum absolute atomic E-state index is 0.144. The van der Waals surface area contributed by atoms with E-state index in [0.29, 0.717) is 5.56 Å². The van der Waals surface area contributed by atoms with Crippen molar-refractivity contribution in [3.05, 3.63) is 76.5 Å². The lowest BCUT2D eigenvalue weighted by atomic mass is 9.95. The molecule has 2 aliphatic rings. The molecule has 32 heavy (non-hydrogen) atoms. The molecule has 0 radical (unpaired) electrons. The zero-order chi connectivity index (χ0) is 23.0. The lowest BCUT2D eigenvalue weighted by Gasteiger charge is -2.32. The van der Waals surface area contributed by atoms with Crippen LogP contribution in [0.1, 0.15) is 22.7 Å². The Balaban J connectivity index is 1.53. The number of ether oxygens (including phenoxy) is 1. The first kappa shape index (κ1) is 21.4. The maximum Gasteiger partial charge on any atom is 0.416 e. The Labute approximate surface area is 180 Å². The van der Waals surface area contributed by atoms with Gasteiger partial charge in [-0.2, -0.15) is 13.2 Å². The molecule has 0 aromatic heterocycles. The van der Waals surface area contributed by atoms with E-state index >= 15 is 0 Å². The van der Waals surface area contributed by atoms with Crippen molar-refractivity contribution in [2.24, 2.45) is 0 Å². The summed E-state index contributed by atoms with van der Waals surface area (Å²) in [5, 5.41) is 5.17. The zero-order valence-electron chi connectivity index (χ0n) is 16.8. The molecule has 0 aliphatic carbocycles. The minimum Gasteiger partial charge on any atom is -0.456 e. The van der Waals surface area contributed by atoms with E-state index in [1.54, 1.807) is 12.1 Å². The first-order valence-corrected chi connectivity index (χ1v) is 9.65. The Bertz CT molecular complexity index is 1110. The number of halogens is 3. The van der Waals surface area contributed by atoms with Crippen LogP contribution in [-0.2, 0) is 20.5 Å². The predicted octanol–water partition coefficient (Wildman–Crippen LogP) is 3.53. The molecule has 2 N–H and O–H groups in total. The average molecular weight is 445 g/mol. The van der Waals surface area contributed by atoms with Crippen LogP contribution in [0.25, 0.3) is 0 Å². The summed E-state index contributed by atoms with van der Waals surface area (Å²) in [6.45, 7) is 1.31. The van der Waals surface area contributed by atoms with E-state index in [1.165, 1.54) is 0 Å². The highest BCUT2D eigenvalue weighted by Gasteiger charge is 2.42. The molecule has 0 saturated heterocycles. The number of benzene rings is 2. The third-order valence-electron chi connectivity index (χ3n) is 5.21. The quantitative estimate of drug-likeness (QED) is 0.705. The van der Waals surface area contributed by atoms with Gasteiger partial charge in [-0.25, -0.2) is 9.59 Å². The van der Waals surface area contributed by atoms with E-state index in [9.17, 15) is 27.6 Å². The van der Waals surface area contributed by atoms with Crippen LogP contribution in [0.3, 0.4) is 0 Å². The second-order valence-corrected chi connectivity index (χ2v) is 7.44. The molecule has 1 unspecified atom stereocenters. The van der Waals surface area contributed by atoms with Crippen LogP contribution >= 0.6 is 0 Å². The maximum atomic E-state index is 12.7. The van der Waals surface area contributed by atoms with E-state index < -0.39 is 42.2 Å². The van der Waals surface area contributed by atoms with Crippen LogP contribution in [0.15, 0.2) is 59.8 Å². The number of esters is 1. The van der Waals surface area contributed by atoms with Gasteiger partial charge in [0.2, 0.25) is 5.91 Å². The number of nitrogens with one attached hydrogen (secondary N) is 2. The van der Waals surface area contributed by atoms with Gasteiger partial charge in [-0.1, -0.05) is 29.8 Å². The lowest BCUT2D eigenvalue weighted by Crippen LogP contribution is -2.49. The number of amides is 3. The summed E-state index contributed by atoms with van der Waals surface area (Å²) in [4.78, 5) is 38.7. The van der Waals surface area contributed by atoms with Crippen molar-refractivity contribution in [3.8, 4) is 0 Å². The van der Waals surface area contributed by atoms with Crippen LogP contribution < -0.4 is 10.6 Å². The van der Waals surface area contributed by atoms with Crippen molar-refractivity contribution in [2.45, 2.75) is 19.1 Å². The summed E-state index contributed by atoms with van der Waals surface area (Å²) in [6.07, 6.45) is -4.49. The van der Waals surface area contributed by atoms with Gasteiger partial charge in [-0.3, -0.25) is 9.69 Å². The second kappa shape index (κ2) is 8.03. The number of nitrogens with zero attached hydrogens (tertiary/aromatic N) is 1. The first-order chi connectivity index (χ1) is 15.1. The summed E-state index contributed by atoms with van der Waals surface area (Å²) < 4.78 is 43.2. The molecule has 2 aliphatic heterocycles. The Hall–Kier alpha value is -3.82. The van der Waals surface area contributed by atoms with Gasteiger partial charge in [0, 0.05) is 5.69 Å². The van der Waals surface area contributed by atoms with E-state index in [4.69, 9.17) is 4.74 Å². The van der Waals surface area contributed by atoms with Crippen LogP contribution in [0.4, 0.5) is 23.7 Å². The molecule has 7 nitrogen and oxygen atoms in total. The number of carbonyl (C=O) groups is 3. The molecule has 0 fully saturated rings. The highest BCUT2D eigenvalue weighted by Crippen LogP contribution is 2.35. The number of carbonyl (C=O) groups excluding carboxylic acids is 3. The van der Waals surface area contributed by atoms with Crippen LogP contribution in [-0.4, -0.2) is 36.0 Å². The monoisotopic (exact) mass is 445 g/mol. The van der Waals surface area contributed by atoms with Gasteiger partial charge in [0.25, 0.3) is 0 Å². The smallest absolute Gasteiger partial charge is 0.416 e. The molecule has 0 saturated carbocycles. The van der Waals surface area contributed by atoms with Gasteiger partial charge in [0.15, 0.2) is 0 Å². The molecule has 2 aromatic carbocycles. The topological polar surface area (TPSA) is 87.7 Å². The number of aryl methyl sites for hydroxylation is 1. The summed E-state index contributed by atoms with van der Waals surface area (Å²) in [7, 11) is 0. The van der Waals surface area contributed by atoms with Crippen molar-refractivity contribution in [3.63, 3.8) is 0 Å². The Morgan fingerprint density at radius 3 is 2.41 bits per heavy atom. The largest absolute Gasteiger partial charge is 0.456 e. The number of cyclic esters (lactones) is 1. The minimum atomic E-state index is -4.49. The maximum absolute atomic E-state index is 12.7. The highest BCUT2D eigenvalue weighted by molar-refractivity contribution is 6.00. The molecule has 4 rings (SSSR count). The van der Waals surface area contributed by atoms with Gasteiger partial charge in [-0.05, 0) is 36.8 Å². The molecule has 2 aromatic rings. The van der Waals surface area contributed by atoms with Gasteiger partial charge in [0.05, 0.1) is 22.9 Å². The Kier molecular flexibility index (Phi) is 5.37. The van der Waals surface area contributed by atoms with E-state index in [2.05, 4.69) is 10.6 Å². The number of rotatable bonds is 4. The van der Waals surface area contributed by atoms with Crippen LogP contribution in [0.2, 0.25) is 0 Å². The van der Waals surface area contributed by atoms with Crippen LogP contribution in [0.5, 0.6) is 0 Å². The molecular weight excluding hydrogens is 427 g/mol. The van der Waals surface area contributed by atoms with Gasteiger partial charge in [-0.15, -0.1) is 0 Å². The standard InChI is InChI=1S/C22H18F3N3O4/c1-12-2-4-13(5-3-12)19-18-16(11-32-20(18)30)28(21(31)27-19)10-17(29)26-15-8-6-14(7-9-15)22(23,24)25/h2-9,19H,10-11H2,1H3,(H,26,29)(H,27,31). The number of anilines is 1. The highest BCUT2D eigenvalue weighted by atomic mass is 19.4. The first-order valence-electron chi connectivity index (χ1n) is 9.65. The van der Waals surface area contributed by atoms with Crippen molar-refractivity contribution in [2.75, 3.05) is 18.5 Å². The fourth-order valence-corrected chi connectivity index (χ4v) is 3.57. The van der Waals surface area contributed by atoms with E-state index in [-0.39, 0.29) is 23.6 Å². The average Bonchev–Trinajstić information content (AvgIpc) is 3.12. The van der Waals surface area contributed by atoms with Gasteiger partial charge >= 0.3 is 18.2 Å². The summed E-state index contributed by atoms with van der Waals surface area (Å²) in [6, 6.07) is 9.94. The molecule has 10 heteroatoms. The molecule has 2 heterocycles. The third kappa shape index (κ3) is 4.16. The zero-order valence-corrected chi connectivity index (χ0v) is 16.8. The van der Waals surface area contributed by atoms with Gasteiger partial charge < -0.3 is 15.4 Å². The summed E-state index contributed by atoms with van der Waals surface area (Å²) in [5.41, 5.74) is 1.54. The number of alkyl halides is 3. The number of urea groups is 1. The molecule has 3 amide bonds. The van der Waals surface area contributed by atoms with Crippen molar-refractivity contribution in [1.82, 2.24) is 10.2 Å². The van der Waals surface area contributed by atoms with Gasteiger partial charge in [0.1, 0.15) is 13.2 Å². The molecule has 1 atom stereocenters. The van der Waals surface area contributed by atoms with E-state index in [0.717, 1.165) is 34.7 Å². The number of hydrogen-bond acceptors (Lipinski definition) is 4. The molecule has 166 valence electrons. The predicted molar refractivity (Wildman–Crippen MR) is 107 cm³/mol. The van der Waals surface area contributed by atoms with Crippen molar-refractivity contribution >= 4 is 23.6 Å². The second-order valence-electron chi connectivity index (χ2n) is 7.44. The van der Waals surface area contributed by atoms with Crippen molar-refractivity contribution < 1.29 is 32.3 Å². The SMILES string of the molecule is Cc1ccc(C2NC(=O)N(CC(=O)Nc3ccc(C(F)(F)F)cc3)C3=C2C(=O)OC3)cc1.